The van der Waals surface area contributed by atoms with Crippen LogP contribution < -0.4 is 10.2 Å². The lowest BCUT2D eigenvalue weighted by Crippen LogP contribution is -2.39. The summed E-state index contributed by atoms with van der Waals surface area (Å²) in [5, 5.41) is 3.52. The topological polar surface area (TPSA) is 58.6 Å². The summed E-state index contributed by atoms with van der Waals surface area (Å²) >= 11 is 0. The van der Waals surface area contributed by atoms with Crippen molar-refractivity contribution in [2.75, 3.05) is 25.1 Å². The number of hydrogen-bond acceptors (Lipinski definition) is 4. The van der Waals surface area contributed by atoms with Crippen LogP contribution in [0.4, 0.5) is 5.69 Å². The van der Waals surface area contributed by atoms with Gasteiger partial charge in [-0.05, 0) is 60.7 Å². The molecule has 1 aliphatic rings. The minimum Gasteiger partial charge on any atom is -0.465 e. The quantitative estimate of drug-likeness (QED) is 0.527. The molecule has 5 nitrogen and oxygen atoms in total. The summed E-state index contributed by atoms with van der Waals surface area (Å²) in [7, 11) is 1.38. The number of esters is 1. The molecule has 4 rings (SSSR count). The first-order chi connectivity index (χ1) is 15.9. The second-order valence-corrected chi connectivity index (χ2v) is 8.84. The van der Waals surface area contributed by atoms with Gasteiger partial charge in [-0.2, -0.15) is 0 Å². The van der Waals surface area contributed by atoms with Crippen LogP contribution in [-0.4, -0.2) is 32.1 Å². The van der Waals surface area contributed by atoms with E-state index in [0.29, 0.717) is 25.1 Å². The molecule has 0 radical (unpaired) electrons. The Morgan fingerprint density at radius 3 is 2.39 bits per heavy atom. The molecule has 0 fully saturated rings. The smallest absolute Gasteiger partial charge is 0.337 e. The second kappa shape index (κ2) is 9.59. The Kier molecular flexibility index (Phi) is 6.61. The molecule has 3 aromatic carbocycles. The first kappa shape index (κ1) is 22.7. The number of methoxy groups -OCH3 is 1. The normalized spacial score (nSPS) is 13.0. The van der Waals surface area contributed by atoms with Gasteiger partial charge in [0, 0.05) is 30.7 Å². The molecule has 1 amide bonds. The Hall–Kier alpha value is -3.44. The maximum Gasteiger partial charge on any atom is 0.337 e. The van der Waals surface area contributed by atoms with E-state index in [1.807, 2.05) is 47.4 Å². The fourth-order valence-corrected chi connectivity index (χ4v) is 4.44. The first-order valence-electron chi connectivity index (χ1n) is 11.3. The monoisotopic (exact) mass is 442 g/mol. The average Bonchev–Trinajstić information content (AvgIpc) is 3.28. The molecule has 0 saturated carbocycles. The Morgan fingerprint density at radius 1 is 0.970 bits per heavy atom. The second-order valence-electron chi connectivity index (χ2n) is 8.84. The lowest BCUT2D eigenvalue weighted by atomic mass is 9.94. The van der Waals surface area contributed by atoms with Crippen molar-refractivity contribution >= 4 is 17.6 Å². The molecule has 1 aliphatic heterocycles. The number of amides is 1. The Balaban J connectivity index is 1.44. The van der Waals surface area contributed by atoms with E-state index in [4.69, 9.17) is 4.74 Å². The van der Waals surface area contributed by atoms with Gasteiger partial charge in [-0.15, -0.1) is 0 Å². The van der Waals surface area contributed by atoms with Crippen LogP contribution in [0.25, 0.3) is 11.1 Å². The van der Waals surface area contributed by atoms with Crippen LogP contribution in [-0.2, 0) is 21.5 Å². The minimum absolute atomic E-state index is 0.128. The highest BCUT2D eigenvalue weighted by atomic mass is 16.5. The van der Waals surface area contributed by atoms with E-state index in [0.717, 1.165) is 23.2 Å². The van der Waals surface area contributed by atoms with Crippen LogP contribution in [0, 0.1) is 0 Å². The minimum atomic E-state index is -0.347. The van der Waals surface area contributed by atoms with Crippen LogP contribution in [0.3, 0.4) is 0 Å². The molecule has 0 saturated heterocycles. The Bertz CT molecular complexity index is 1140. The zero-order chi connectivity index (χ0) is 23.4. The van der Waals surface area contributed by atoms with Gasteiger partial charge in [-0.3, -0.25) is 4.79 Å². The zero-order valence-electron chi connectivity index (χ0n) is 19.4. The third kappa shape index (κ3) is 4.83. The van der Waals surface area contributed by atoms with Crippen molar-refractivity contribution in [1.82, 2.24) is 5.32 Å². The average molecular weight is 443 g/mol. The number of benzene rings is 3. The number of fused-ring (bicyclic) bond motifs is 1. The summed E-state index contributed by atoms with van der Waals surface area (Å²) in [4.78, 5) is 26.7. The van der Waals surface area contributed by atoms with Crippen molar-refractivity contribution in [3.63, 3.8) is 0 Å². The van der Waals surface area contributed by atoms with Crippen LogP contribution in [0.5, 0.6) is 0 Å². The third-order valence-corrected chi connectivity index (χ3v) is 6.35. The Morgan fingerprint density at radius 2 is 1.70 bits per heavy atom. The largest absolute Gasteiger partial charge is 0.465 e. The van der Waals surface area contributed by atoms with Crippen LogP contribution >= 0.6 is 0 Å². The predicted molar refractivity (Wildman–Crippen MR) is 131 cm³/mol. The summed E-state index contributed by atoms with van der Waals surface area (Å²) in [6, 6.07) is 23.8. The van der Waals surface area contributed by atoms with Gasteiger partial charge in [-0.25, -0.2) is 4.79 Å². The summed E-state index contributed by atoms with van der Waals surface area (Å²) < 4.78 is 4.79. The van der Waals surface area contributed by atoms with E-state index in [1.165, 1.54) is 18.2 Å². The fourth-order valence-electron chi connectivity index (χ4n) is 4.44. The lowest BCUT2D eigenvalue weighted by Gasteiger charge is -2.27. The van der Waals surface area contributed by atoms with E-state index in [-0.39, 0.29) is 17.4 Å². The summed E-state index contributed by atoms with van der Waals surface area (Å²) in [6.07, 6.45) is 1.26. The number of carbonyl (C=O) groups is 2. The molecule has 0 aliphatic carbocycles. The molecule has 0 bridgehead atoms. The number of carbonyl (C=O) groups excluding carboxylic acids is 2. The van der Waals surface area contributed by atoms with Crippen molar-refractivity contribution in [2.45, 2.75) is 32.2 Å². The first-order valence-corrected chi connectivity index (χ1v) is 11.3. The molecule has 5 heteroatoms. The SMILES string of the molecule is COC(=O)c1ccc(-c2cccc3c2CCN3C(=O)CCNC(C)(C)c2ccccc2)cc1. The van der Waals surface area contributed by atoms with Gasteiger partial charge in [0.15, 0.2) is 0 Å². The van der Waals surface area contributed by atoms with E-state index in [1.54, 1.807) is 12.1 Å². The van der Waals surface area contributed by atoms with Gasteiger partial charge in [0.05, 0.1) is 12.7 Å². The number of rotatable bonds is 7. The molecular weight excluding hydrogens is 412 g/mol. The molecule has 0 unspecified atom stereocenters. The van der Waals surface area contributed by atoms with Crippen molar-refractivity contribution < 1.29 is 14.3 Å². The van der Waals surface area contributed by atoms with Crippen molar-refractivity contribution in [2.24, 2.45) is 0 Å². The van der Waals surface area contributed by atoms with Crippen LogP contribution in [0.1, 0.15) is 41.8 Å². The van der Waals surface area contributed by atoms with Crippen molar-refractivity contribution in [1.29, 1.82) is 0 Å². The summed E-state index contributed by atoms with van der Waals surface area (Å²) in [6.45, 7) is 5.57. The van der Waals surface area contributed by atoms with E-state index >= 15 is 0 Å². The number of hydrogen-bond donors (Lipinski definition) is 1. The lowest BCUT2D eigenvalue weighted by molar-refractivity contribution is -0.118. The highest BCUT2D eigenvalue weighted by Gasteiger charge is 2.27. The van der Waals surface area contributed by atoms with E-state index < -0.39 is 0 Å². The molecule has 0 atom stereocenters. The molecule has 0 spiro atoms. The maximum atomic E-state index is 13.1. The van der Waals surface area contributed by atoms with Crippen molar-refractivity contribution in [3.8, 4) is 11.1 Å². The van der Waals surface area contributed by atoms with E-state index in [9.17, 15) is 9.59 Å². The van der Waals surface area contributed by atoms with Crippen molar-refractivity contribution in [3.05, 3.63) is 89.5 Å². The van der Waals surface area contributed by atoms with E-state index in [2.05, 4.69) is 37.4 Å². The molecule has 3 aromatic rings. The van der Waals surface area contributed by atoms with Gasteiger partial charge in [-0.1, -0.05) is 54.6 Å². The van der Waals surface area contributed by atoms with Gasteiger partial charge >= 0.3 is 5.97 Å². The molecule has 1 N–H and O–H groups in total. The van der Waals surface area contributed by atoms with Gasteiger partial charge in [0.25, 0.3) is 0 Å². The molecule has 170 valence electrons. The molecular formula is C28H30N2O3. The van der Waals surface area contributed by atoms with Crippen LogP contribution in [0.2, 0.25) is 0 Å². The van der Waals surface area contributed by atoms with Gasteiger partial charge in [0.1, 0.15) is 0 Å². The predicted octanol–water partition coefficient (Wildman–Crippen LogP) is 4.94. The third-order valence-electron chi connectivity index (χ3n) is 6.35. The highest BCUT2D eigenvalue weighted by molar-refractivity contribution is 5.97. The van der Waals surface area contributed by atoms with Crippen LogP contribution in [0.15, 0.2) is 72.8 Å². The van der Waals surface area contributed by atoms with Gasteiger partial charge < -0.3 is 15.0 Å². The van der Waals surface area contributed by atoms with Gasteiger partial charge in [0.2, 0.25) is 5.91 Å². The maximum absolute atomic E-state index is 13.1. The number of nitrogens with zero attached hydrogens (tertiary/aromatic N) is 1. The number of nitrogens with one attached hydrogen (secondary N) is 1. The highest BCUT2D eigenvalue weighted by Crippen LogP contribution is 2.36. The summed E-state index contributed by atoms with van der Waals surface area (Å²) in [5.41, 5.74) is 5.81. The molecule has 33 heavy (non-hydrogen) atoms. The molecule has 1 heterocycles. The number of ether oxygens (including phenoxy) is 1. The standard InChI is InChI=1S/C28H30N2O3/c1-28(2,22-8-5-4-6-9-22)29-18-16-26(31)30-19-17-24-23(10-7-11-25(24)30)20-12-14-21(15-13-20)27(32)33-3/h4-15,29H,16-19H2,1-3H3. The summed E-state index contributed by atoms with van der Waals surface area (Å²) in [5.74, 6) is -0.219. The zero-order valence-corrected chi connectivity index (χ0v) is 19.4. The fraction of sp³-hybridized carbons (Fsp3) is 0.286. The Labute approximate surface area is 195 Å². The molecule has 0 aromatic heterocycles. The number of anilines is 1.